The lowest BCUT2D eigenvalue weighted by Gasteiger charge is -2.24. The number of alkyl carbamates (subject to hydrolysis) is 1. The van der Waals surface area contributed by atoms with Crippen LogP contribution >= 0.6 is 0 Å². The van der Waals surface area contributed by atoms with Crippen LogP contribution in [0.5, 0.6) is 5.75 Å². The Kier molecular flexibility index (Phi) is 5.32. The Morgan fingerprint density at radius 2 is 1.91 bits per heavy atom. The molecule has 0 aromatic heterocycles. The van der Waals surface area contributed by atoms with Gasteiger partial charge in [0, 0.05) is 5.56 Å². The highest BCUT2D eigenvalue weighted by atomic mass is 19.4. The van der Waals surface area contributed by atoms with Crippen LogP contribution in [-0.4, -0.2) is 16.8 Å². The van der Waals surface area contributed by atoms with Crippen molar-refractivity contribution in [2.24, 2.45) is 0 Å². The predicted octanol–water partition coefficient (Wildman–Crippen LogP) is 4.39. The monoisotopic (exact) mass is 319 g/mol. The molecule has 2 N–H and O–H groups in total. The third-order valence-corrected chi connectivity index (χ3v) is 2.85. The average Bonchev–Trinajstić information content (AvgIpc) is 2.33. The van der Waals surface area contributed by atoms with Crippen molar-refractivity contribution in [2.45, 2.75) is 51.9 Å². The molecule has 1 atom stereocenters. The highest BCUT2D eigenvalue weighted by molar-refractivity contribution is 5.68. The molecule has 1 aromatic carbocycles. The Hall–Kier alpha value is -1.92. The number of hydrogen-bond acceptors (Lipinski definition) is 3. The summed E-state index contributed by atoms with van der Waals surface area (Å²) in [6, 6.07) is 2.55. The normalized spacial score (nSPS) is 13.6. The lowest BCUT2D eigenvalue weighted by atomic mass is 10.00. The number of nitrogens with one attached hydrogen (secondary N) is 1. The maximum atomic E-state index is 12.8. The number of alkyl halides is 3. The fraction of sp³-hybridized carbons (Fsp3) is 0.533. The number of para-hydroxylation sites is 1. The van der Waals surface area contributed by atoms with Gasteiger partial charge in [-0.05, 0) is 33.3 Å². The van der Waals surface area contributed by atoms with Crippen molar-refractivity contribution < 1.29 is 27.8 Å². The minimum atomic E-state index is -4.66. The molecule has 0 aliphatic rings. The Morgan fingerprint density at radius 1 is 1.32 bits per heavy atom. The van der Waals surface area contributed by atoms with E-state index in [9.17, 15) is 23.1 Å². The maximum Gasteiger partial charge on any atom is 0.419 e. The molecule has 0 aliphatic carbocycles. The maximum absolute atomic E-state index is 12.8. The first kappa shape index (κ1) is 18.1. The quantitative estimate of drug-likeness (QED) is 0.869. The van der Waals surface area contributed by atoms with Crippen molar-refractivity contribution in [3.05, 3.63) is 29.3 Å². The smallest absolute Gasteiger partial charge is 0.419 e. The predicted molar refractivity (Wildman–Crippen MR) is 75.5 cm³/mol. The number of phenolic OH excluding ortho intramolecular Hbond substituents is 1. The van der Waals surface area contributed by atoms with Crippen LogP contribution in [0.4, 0.5) is 18.0 Å². The Labute approximate surface area is 127 Å². The molecule has 0 radical (unpaired) electrons. The molecule has 0 saturated heterocycles. The fourth-order valence-corrected chi connectivity index (χ4v) is 1.92. The van der Waals surface area contributed by atoms with Gasteiger partial charge in [0.2, 0.25) is 0 Å². The summed E-state index contributed by atoms with van der Waals surface area (Å²) in [6.45, 7) is 6.71. The van der Waals surface area contributed by atoms with Crippen LogP contribution in [0.15, 0.2) is 18.2 Å². The Bertz CT molecular complexity index is 536. The van der Waals surface area contributed by atoms with Crippen LogP contribution in [0.25, 0.3) is 0 Å². The number of phenols is 1. The molecule has 4 nitrogen and oxygen atoms in total. The summed E-state index contributed by atoms with van der Waals surface area (Å²) >= 11 is 0. The van der Waals surface area contributed by atoms with E-state index < -0.39 is 35.2 Å². The molecule has 1 amide bonds. The number of carbonyl (C=O) groups is 1. The molecule has 1 rings (SSSR count). The second-order valence-electron chi connectivity index (χ2n) is 5.85. The minimum Gasteiger partial charge on any atom is -0.507 e. The number of rotatable bonds is 3. The van der Waals surface area contributed by atoms with Crippen LogP contribution in [0.3, 0.4) is 0 Å². The van der Waals surface area contributed by atoms with Crippen LogP contribution in [0.1, 0.15) is 51.3 Å². The van der Waals surface area contributed by atoms with Gasteiger partial charge >= 0.3 is 12.3 Å². The van der Waals surface area contributed by atoms with E-state index in [2.05, 4.69) is 5.32 Å². The van der Waals surface area contributed by atoms with E-state index in [1.54, 1.807) is 27.7 Å². The van der Waals surface area contributed by atoms with Crippen molar-refractivity contribution in [3.8, 4) is 5.75 Å². The number of aromatic hydroxyl groups is 1. The molecule has 0 unspecified atom stereocenters. The second kappa shape index (κ2) is 6.46. The highest BCUT2D eigenvalue weighted by Crippen LogP contribution is 2.39. The molecular formula is C15H20F3NO3. The first-order chi connectivity index (χ1) is 9.95. The highest BCUT2D eigenvalue weighted by Gasteiger charge is 2.35. The van der Waals surface area contributed by atoms with Crippen molar-refractivity contribution >= 4 is 6.09 Å². The van der Waals surface area contributed by atoms with Gasteiger partial charge in [0.25, 0.3) is 0 Å². The van der Waals surface area contributed by atoms with Crippen molar-refractivity contribution in [3.63, 3.8) is 0 Å². The van der Waals surface area contributed by atoms with Gasteiger partial charge in [0.1, 0.15) is 11.4 Å². The number of halogens is 3. The van der Waals surface area contributed by atoms with E-state index in [0.717, 1.165) is 6.07 Å². The summed E-state index contributed by atoms with van der Waals surface area (Å²) in [6.07, 6.45) is -5.12. The van der Waals surface area contributed by atoms with Crippen LogP contribution < -0.4 is 5.32 Å². The standard InChI is InChI=1S/C15H20F3NO3/c1-5-11(19-13(21)22-14(2,3)4)9-7-6-8-10(12(9)20)15(16,17)18/h6-8,11,20H,5H2,1-4H3,(H,19,21)/t11-/m1/s1. The summed E-state index contributed by atoms with van der Waals surface area (Å²) in [5.74, 6) is -0.877. The largest absolute Gasteiger partial charge is 0.507 e. The number of ether oxygens (including phenoxy) is 1. The van der Waals surface area contributed by atoms with Crippen LogP contribution in [0.2, 0.25) is 0 Å². The molecule has 1 aromatic rings. The summed E-state index contributed by atoms with van der Waals surface area (Å²) in [7, 11) is 0. The molecule has 0 bridgehead atoms. The summed E-state index contributed by atoms with van der Waals surface area (Å²) in [5.41, 5.74) is -1.85. The molecule has 0 heterocycles. The molecule has 124 valence electrons. The number of benzene rings is 1. The number of hydrogen-bond donors (Lipinski definition) is 2. The molecular weight excluding hydrogens is 299 g/mol. The van der Waals surface area contributed by atoms with E-state index >= 15 is 0 Å². The van der Waals surface area contributed by atoms with E-state index in [1.165, 1.54) is 12.1 Å². The van der Waals surface area contributed by atoms with Gasteiger partial charge in [0.05, 0.1) is 11.6 Å². The van der Waals surface area contributed by atoms with E-state index in [4.69, 9.17) is 4.74 Å². The van der Waals surface area contributed by atoms with Gasteiger partial charge in [-0.1, -0.05) is 19.1 Å². The van der Waals surface area contributed by atoms with Crippen LogP contribution in [0, 0.1) is 0 Å². The van der Waals surface area contributed by atoms with Crippen LogP contribution in [-0.2, 0) is 10.9 Å². The first-order valence-corrected chi connectivity index (χ1v) is 6.84. The van der Waals surface area contributed by atoms with Crippen molar-refractivity contribution in [2.75, 3.05) is 0 Å². The molecule has 22 heavy (non-hydrogen) atoms. The van der Waals surface area contributed by atoms with Crippen molar-refractivity contribution in [1.82, 2.24) is 5.32 Å². The zero-order chi connectivity index (χ0) is 17.1. The SMILES string of the molecule is CC[C@@H](NC(=O)OC(C)(C)C)c1cccc(C(F)(F)F)c1O. The van der Waals surface area contributed by atoms with E-state index in [1.807, 2.05) is 0 Å². The summed E-state index contributed by atoms with van der Waals surface area (Å²) in [5, 5.41) is 12.3. The zero-order valence-electron chi connectivity index (χ0n) is 12.9. The Morgan fingerprint density at radius 3 is 2.36 bits per heavy atom. The molecule has 0 spiro atoms. The van der Waals surface area contributed by atoms with E-state index in [0.29, 0.717) is 6.42 Å². The van der Waals surface area contributed by atoms with Gasteiger partial charge in [-0.25, -0.2) is 4.79 Å². The average molecular weight is 319 g/mol. The third-order valence-electron chi connectivity index (χ3n) is 2.85. The lowest BCUT2D eigenvalue weighted by Crippen LogP contribution is -2.34. The lowest BCUT2D eigenvalue weighted by molar-refractivity contribution is -0.138. The second-order valence-corrected chi connectivity index (χ2v) is 5.85. The summed E-state index contributed by atoms with van der Waals surface area (Å²) in [4.78, 5) is 11.8. The van der Waals surface area contributed by atoms with Crippen molar-refractivity contribution in [1.29, 1.82) is 0 Å². The third kappa shape index (κ3) is 4.82. The number of carbonyl (C=O) groups excluding carboxylic acids is 1. The first-order valence-electron chi connectivity index (χ1n) is 6.84. The summed E-state index contributed by atoms with van der Waals surface area (Å²) < 4.78 is 43.5. The van der Waals surface area contributed by atoms with Gasteiger partial charge in [-0.15, -0.1) is 0 Å². The van der Waals surface area contributed by atoms with Gasteiger partial charge in [-0.3, -0.25) is 0 Å². The van der Waals surface area contributed by atoms with Gasteiger partial charge < -0.3 is 15.2 Å². The zero-order valence-corrected chi connectivity index (χ0v) is 12.9. The molecule has 7 heteroatoms. The minimum absolute atomic E-state index is 0.00295. The van der Waals surface area contributed by atoms with Gasteiger partial charge in [0.15, 0.2) is 0 Å². The number of amides is 1. The molecule has 0 aliphatic heterocycles. The molecule has 0 fully saturated rings. The molecule has 0 saturated carbocycles. The van der Waals surface area contributed by atoms with Gasteiger partial charge in [-0.2, -0.15) is 13.2 Å². The topological polar surface area (TPSA) is 58.6 Å². The fourth-order valence-electron chi connectivity index (χ4n) is 1.92. The van der Waals surface area contributed by atoms with E-state index in [-0.39, 0.29) is 5.56 Å². The Balaban J connectivity index is 3.04.